The average Bonchev–Trinajstić information content (AvgIpc) is 3.57. The molecule has 6 aromatic carbocycles. The lowest BCUT2D eigenvalue weighted by atomic mass is 9.99. The Morgan fingerprint density at radius 1 is 0.429 bits per heavy atom. The third-order valence-corrected chi connectivity index (χ3v) is 8.16. The number of hydrogen-bond donors (Lipinski definition) is 0. The summed E-state index contributed by atoms with van der Waals surface area (Å²) < 4.78 is 4.50. The first kappa shape index (κ1) is 23.8. The van der Waals surface area contributed by atoms with Crippen LogP contribution in [-0.2, 0) is 0 Å². The molecule has 0 saturated carbocycles. The van der Waals surface area contributed by atoms with Crippen molar-refractivity contribution in [3.63, 3.8) is 0 Å². The van der Waals surface area contributed by atoms with Gasteiger partial charge in [0, 0.05) is 21.5 Å². The molecule has 194 valence electrons. The Morgan fingerprint density at radius 3 is 1.43 bits per heavy atom. The molecule has 0 atom stereocenters. The van der Waals surface area contributed by atoms with Crippen molar-refractivity contribution in [3.8, 4) is 22.5 Å². The summed E-state index contributed by atoms with van der Waals surface area (Å²) in [6.07, 6.45) is 0. The summed E-state index contributed by atoms with van der Waals surface area (Å²) in [5.41, 5.74) is 8.95. The first-order chi connectivity index (χ1) is 20.8. The molecule has 2 aromatic heterocycles. The van der Waals surface area contributed by atoms with Crippen LogP contribution in [0.1, 0.15) is 0 Å². The highest BCUT2D eigenvalue weighted by Gasteiger charge is 2.22. The zero-order chi connectivity index (χ0) is 28.2. The summed E-state index contributed by atoms with van der Waals surface area (Å²) in [4.78, 5) is 7.84. The van der Waals surface area contributed by atoms with E-state index in [2.05, 4.69) is 110 Å². The molecule has 0 amide bonds. The van der Waals surface area contributed by atoms with E-state index in [4.69, 9.17) is 13.1 Å². The van der Waals surface area contributed by atoms with Crippen LogP contribution in [0, 0.1) is 13.1 Å². The van der Waals surface area contributed by atoms with Crippen LogP contribution in [0.25, 0.3) is 75.8 Å². The summed E-state index contributed by atoms with van der Waals surface area (Å²) in [5, 5.41) is 4.62. The maximum atomic E-state index is 8.21. The third-order valence-electron chi connectivity index (χ3n) is 8.16. The lowest BCUT2D eigenvalue weighted by Crippen LogP contribution is -2.01. The number of nitrogens with zero attached hydrogens (tertiary/aromatic N) is 4. The first-order valence-corrected chi connectivity index (χ1v) is 13.8. The second-order valence-electron chi connectivity index (χ2n) is 10.3. The van der Waals surface area contributed by atoms with E-state index in [1.807, 2.05) is 42.5 Å². The van der Waals surface area contributed by atoms with Crippen LogP contribution in [0.4, 0.5) is 11.4 Å². The molecule has 42 heavy (non-hydrogen) atoms. The maximum Gasteiger partial charge on any atom is 0.211 e. The minimum absolute atomic E-state index is 0.552. The standard InChI is InChI=1S/C38H22N4/c1-39-25-22-23-37(41-33-18-7-3-12-26(33)27-13-4-8-19-34(27)41)31(24-25)30-16-11-17-32(40-2)38(30)42-35-20-9-5-14-28(35)29-15-6-10-21-36(29)42/h3-24H. The number of fused-ring (bicyclic) bond motifs is 6. The second-order valence-corrected chi connectivity index (χ2v) is 10.3. The minimum atomic E-state index is 0.552. The highest BCUT2D eigenvalue weighted by Crippen LogP contribution is 2.44. The van der Waals surface area contributed by atoms with E-state index in [-0.39, 0.29) is 0 Å². The van der Waals surface area contributed by atoms with Crippen molar-refractivity contribution < 1.29 is 0 Å². The van der Waals surface area contributed by atoms with Crippen LogP contribution < -0.4 is 0 Å². The Bertz CT molecular complexity index is 2340. The maximum absolute atomic E-state index is 8.21. The molecule has 0 radical (unpaired) electrons. The van der Waals surface area contributed by atoms with Gasteiger partial charge < -0.3 is 9.13 Å². The van der Waals surface area contributed by atoms with Gasteiger partial charge >= 0.3 is 0 Å². The van der Waals surface area contributed by atoms with Crippen molar-refractivity contribution in [3.05, 3.63) is 156 Å². The second kappa shape index (κ2) is 9.24. The van der Waals surface area contributed by atoms with Crippen molar-refractivity contribution in [2.24, 2.45) is 0 Å². The van der Waals surface area contributed by atoms with Gasteiger partial charge in [-0.2, -0.15) is 0 Å². The summed E-state index contributed by atoms with van der Waals surface area (Å²) in [6.45, 7) is 16.1. The fourth-order valence-electron chi connectivity index (χ4n) is 6.42. The lowest BCUT2D eigenvalue weighted by Gasteiger charge is -2.20. The van der Waals surface area contributed by atoms with Gasteiger partial charge in [0.15, 0.2) is 5.69 Å². The molecule has 0 N–H and O–H groups in total. The molecule has 0 aliphatic heterocycles. The van der Waals surface area contributed by atoms with Gasteiger partial charge in [0.2, 0.25) is 5.69 Å². The third kappa shape index (κ3) is 3.33. The average molecular weight is 535 g/mol. The van der Waals surface area contributed by atoms with E-state index >= 15 is 0 Å². The summed E-state index contributed by atoms with van der Waals surface area (Å²) in [5.74, 6) is 0. The molecular formula is C38H22N4. The molecular weight excluding hydrogens is 512 g/mol. The van der Waals surface area contributed by atoms with Gasteiger partial charge in [-0.3, -0.25) is 0 Å². The monoisotopic (exact) mass is 534 g/mol. The predicted molar refractivity (Wildman–Crippen MR) is 173 cm³/mol. The van der Waals surface area contributed by atoms with Crippen LogP contribution in [0.15, 0.2) is 133 Å². The molecule has 0 spiro atoms. The fourth-order valence-corrected chi connectivity index (χ4v) is 6.42. The lowest BCUT2D eigenvalue weighted by molar-refractivity contribution is 1.16. The Hall–Kier alpha value is -6.10. The van der Waals surface area contributed by atoms with Crippen LogP contribution in [-0.4, -0.2) is 9.13 Å². The molecule has 0 aliphatic rings. The van der Waals surface area contributed by atoms with Gasteiger partial charge in [-0.1, -0.05) is 97.1 Å². The molecule has 2 heterocycles. The van der Waals surface area contributed by atoms with Crippen LogP contribution in [0.2, 0.25) is 0 Å². The van der Waals surface area contributed by atoms with Gasteiger partial charge in [0.25, 0.3) is 0 Å². The SMILES string of the molecule is [C-]#[N+]c1ccc(-n2c3ccccc3c3ccccc32)c(-c2cccc([N+]#[C-])c2-n2c3ccccc3c3ccccc32)c1. The molecule has 0 unspecified atom stereocenters. The molecule has 0 fully saturated rings. The predicted octanol–water partition coefficient (Wildman–Crippen LogP) is 10.6. The summed E-state index contributed by atoms with van der Waals surface area (Å²) >= 11 is 0. The van der Waals surface area contributed by atoms with Crippen LogP contribution in [0.5, 0.6) is 0 Å². The molecule has 4 heteroatoms. The molecule has 0 bridgehead atoms. The van der Waals surface area contributed by atoms with Gasteiger partial charge in [0.05, 0.1) is 46.6 Å². The normalized spacial score (nSPS) is 11.3. The molecule has 4 nitrogen and oxygen atoms in total. The topological polar surface area (TPSA) is 18.6 Å². The van der Waals surface area contributed by atoms with Crippen LogP contribution in [0.3, 0.4) is 0 Å². The quantitative estimate of drug-likeness (QED) is 0.201. The Kier molecular flexibility index (Phi) is 5.22. The highest BCUT2D eigenvalue weighted by atomic mass is 15.0. The summed E-state index contributed by atoms with van der Waals surface area (Å²) in [6, 6.07) is 45.4. The van der Waals surface area contributed by atoms with E-state index in [0.717, 1.165) is 55.3 Å². The smallest absolute Gasteiger partial charge is 0.211 e. The first-order valence-electron chi connectivity index (χ1n) is 13.8. The number of aromatic nitrogens is 2. The molecule has 0 aliphatic carbocycles. The fraction of sp³-hybridized carbons (Fsp3) is 0. The van der Waals surface area contributed by atoms with Gasteiger partial charge in [-0.25, -0.2) is 9.69 Å². The highest BCUT2D eigenvalue weighted by molar-refractivity contribution is 6.12. The largest absolute Gasteiger partial charge is 0.318 e. The molecule has 8 rings (SSSR count). The van der Waals surface area contributed by atoms with Gasteiger partial charge in [-0.05, 0) is 47.5 Å². The Morgan fingerprint density at radius 2 is 0.929 bits per heavy atom. The van der Waals surface area contributed by atoms with E-state index < -0.39 is 0 Å². The van der Waals surface area contributed by atoms with E-state index in [1.165, 1.54) is 10.8 Å². The summed E-state index contributed by atoms with van der Waals surface area (Å²) in [7, 11) is 0. The van der Waals surface area contributed by atoms with Crippen LogP contribution >= 0.6 is 0 Å². The van der Waals surface area contributed by atoms with Crippen molar-refractivity contribution in [1.82, 2.24) is 9.13 Å². The Labute approximate surface area is 242 Å². The number of para-hydroxylation sites is 5. The number of rotatable bonds is 3. The zero-order valence-electron chi connectivity index (χ0n) is 22.5. The minimum Gasteiger partial charge on any atom is -0.318 e. The van der Waals surface area contributed by atoms with E-state index in [1.54, 1.807) is 0 Å². The van der Waals surface area contributed by atoms with E-state index in [9.17, 15) is 0 Å². The molecule has 8 aromatic rings. The van der Waals surface area contributed by atoms with Crippen molar-refractivity contribution in [1.29, 1.82) is 0 Å². The van der Waals surface area contributed by atoms with Gasteiger partial charge in [0.1, 0.15) is 0 Å². The van der Waals surface area contributed by atoms with Crippen molar-refractivity contribution >= 4 is 55.0 Å². The van der Waals surface area contributed by atoms with Crippen molar-refractivity contribution in [2.45, 2.75) is 0 Å². The number of hydrogen-bond acceptors (Lipinski definition) is 0. The Balaban J connectivity index is 1.54. The van der Waals surface area contributed by atoms with E-state index in [0.29, 0.717) is 11.4 Å². The molecule has 0 saturated heterocycles. The van der Waals surface area contributed by atoms with Crippen molar-refractivity contribution in [2.75, 3.05) is 0 Å². The number of benzene rings is 6. The zero-order valence-corrected chi connectivity index (χ0v) is 22.5. The van der Waals surface area contributed by atoms with Gasteiger partial charge in [-0.15, -0.1) is 0 Å².